The molecule has 9 atom stereocenters. The molecule has 15 nitrogen and oxygen atoms in total. The Morgan fingerprint density at radius 2 is 1.59 bits per heavy atom. The van der Waals surface area contributed by atoms with Crippen molar-refractivity contribution in [2.75, 3.05) is 54.6 Å². The molecule has 382 valence electrons. The Morgan fingerprint density at radius 1 is 0.868 bits per heavy atom. The highest BCUT2D eigenvalue weighted by Crippen LogP contribution is 2.33. The molecule has 0 spiro atoms. The number of carboxylic acids is 1. The molecule has 2 aliphatic heterocycles. The summed E-state index contributed by atoms with van der Waals surface area (Å²) in [6.45, 7) is 16.0. The standard InChI is InChI=1S/C53H85N5O10/c1-12-36(6)50(56(9)53(65)41(34(2)3)31-45(60)49(35(4)5)55(8)25-17-13-14-24-48(62)63)46(66-10)32-47(61)57-26-20-23-43(57)51(67-11)37(7)44(59)30-38(52(64)58-27-18-19-28-68-58)29-39-33-54-42-22-16-15-21-40(39)42/h15-16,21-22,33-38,41,43,46,49-51,54H,12-14,17-20,23-32H2,1-11H3,(H,62,63)/t36-,37-,38+,41-,43-,46+,49-,50-,51+/m0/s1. The minimum Gasteiger partial charge on any atom is -0.481 e. The summed E-state index contributed by atoms with van der Waals surface area (Å²) in [6, 6.07) is 6.67. The lowest BCUT2D eigenvalue weighted by atomic mass is 9.83. The van der Waals surface area contributed by atoms with Crippen molar-refractivity contribution >= 4 is 46.2 Å². The summed E-state index contributed by atoms with van der Waals surface area (Å²) < 4.78 is 12.3. The zero-order chi connectivity index (χ0) is 50.2. The Labute approximate surface area is 406 Å². The maximum atomic E-state index is 14.7. The van der Waals surface area contributed by atoms with Crippen LogP contribution in [-0.2, 0) is 49.5 Å². The molecule has 15 heteroatoms. The molecular formula is C53H85N5O10. The van der Waals surface area contributed by atoms with Crippen molar-refractivity contribution in [3.63, 3.8) is 0 Å². The van der Waals surface area contributed by atoms with Crippen molar-refractivity contribution in [3.8, 4) is 0 Å². The molecule has 0 unspecified atom stereocenters. The lowest BCUT2D eigenvalue weighted by molar-refractivity contribution is -0.201. The third-order valence-electron chi connectivity index (χ3n) is 14.9. The van der Waals surface area contributed by atoms with Crippen molar-refractivity contribution < 1.29 is 48.2 Å². The number of para-hydroxylation sites is 1. The summed E-state index contributed by atoms with van der Waals surface area (Å²) in [6.07, 6.45) is 7.14. The number of methoxy groups -OCH3 is 2. The molecule has 2 aliphatic rings. The van der Waals surface area contributed by atoms with Crippen molar-refractivity contribution in [3.05, 3.63) is 36.0 Å². The van der Waals surface area contributed by atoms with Crippen molar-refractivity contribution in [1.82, 2.24) is 24.7 Å². The van der Waals surface area contributed by atoms with Gasteiger partial charge in [-0.15, -0.1) is 0 Å². The normalized spacial score (nSPS) is 19.2. The topological polar surface area (TPSA) is 179 Å². The summed E-state index contributed by atoms with van der Waals surface area (Å²) in [5, 5.41) is 11.5. The third-order valence-corrected chi connectivity index (χ3v) is 14.9. The number of likely N-dealkylation sites (tertiary alicyclic amines) is 1. The Hall–Kier alpha value is -4.18. The molecule has 2 N–H and O–H groups in total. The van der Waals surface area contributed by atoms with Gasteiger partial charge in [-0.3, -0.25) is 38.5 Å². The zero-order valence-electron chi connectivity index (χ0n) is 43.2. The smallest absolute Gasteiger partial charge is 0.303 e. The SMILES string of the molecule is CC[C@H](C)[C@@H]([C@@H](CC(=O)N1CCC[C@H]1[C@H](OC)[C@@H](C)C(=O)C[C@@H](Cc1c[nH]c2ccccc12)C(=O)N1CCCCO1)OC)N(C)C(=O)[C@@H](CC(=O)[C@H](C(C)C)N(C)CCCCCC(=O)O)C(C)C. The first-order valence-corrected chi connectivity index (χ1v) is 25.4. The number of hydrogen-bond acceptors (Lipinski definition) is 10. The molecule has 3 heterocycles. The largest absolute Gasteiger partial charge is 0.481 e. The van der Waals surface area contributed by atoms with E-state index >= 15 is 0 Å². The number of likely N-dealkylation sites (N-methyl/N-ethyl adjacent to an activating group) is 2. The fraction of sp³-hybridized carbons (Fsp3) is 0.736. The summed E-state index contributed by atoms with van der Waals surface area (Å²) in [7, 11) is 6.83. The first-order chi connectivity index (χ1) is 32.4. The quantitative estimate of drug-likeness (QED) is 0.0768. The van der Waals surface area contributed by atoms with Gasteiger partial charge in [0.1, 0.15) is 5.78 Å². The number of H-pyrrole nitrogens is 1. The predicted octanol–water partition coefficient (Wildman–Crippen LogP) is 7.59. The molecule has 68 heavy (non-hydrogen) atoms. The first-order valence-electron chi connectivity index (χ1n) is 25.4. The van der Waals surface area contributed by atoms with E-state index in [0.29, 0.717) is 45.5 Å². The molecule has 4 rings (SSSR count). The van der Waals surface area contributed by atoms with E-state index in [4.69, 9.17) is 19.4 Å². The Balaban J connectivity index is 1.48. The fourth-order valence-electron chi connectivity index (χ4n) is 10.8. The van der Waals surface area contributed by atoms with Crippen molar-refractivity contribution in [2.45, 2.75) is 162 Å². The van der Waals surface area contributed by atoms with Gasteiger partial charge in [0.25, 0.3) is 0 Å². The lowest BCUT2D eigenvalue weighted by Gasteiger charge is -2.41. The number of nitrogens with one attached hydrogen (secondary N) is 1. The van der Waals surface area contributed by atoms with E-state index in [-0.39, 0.29) is 78.8 Å². The molecule has 3 amide bonds. The number of carbonyl (C=O) groups excluding carboxylic acids is 5. The number of carboxylic acid groups (broad SMARTS) is 1. The number of aromatic nitrogens is 1. The highest BCUT2D eigenvalue weighted by atomic mass is 16.7. The second kappa shape index (κ2) is 27.3. The van der Waals surface area contributed by atoms with Crippen LogP contribution in [0.5, 0.6) is 0 Å². The molecule has 2 saturated heterocycles. The van der Waals surface area contributed by atoms with Crippen LogP contribution in [-0.4, -0.2) is 150 Å². The Bertz CT molecular complexity index is 1950. The predicted molar refractivity (Wildman–Crippen MR) is 263 cm³/mol. The lowest BCUT2D eigenvalue weighted by Crippen LogP contribution is -2.54. The number of hydroxylamine groups is 2. The number of carbonyl (C=O) groups is 6. The molecule has 2 fully saturated rings. The number of ether oxygens (including phenoxy) is 2. The van der Waals surface area contributed by atoms with Gasteiger partial charge in [-0.1, -0.05) is 79.5 Å². The second-order valence-electron chi connectivity index (χ2n) is 20.4. The monoisotopic (exact) mass is 952 g/mol. The molecule has 0 bridgehead atoms. The number of fused-ring (bicyclic) bond motifs is 1. The van der Waals surface area contributed by atoms with E-state index in [2.05, 4.69) is 18.8 Å². The van der Waals surface area contributed by atoms with Gasteiger partial charge in [-0.25, -0.2) is 5.06 Å². The number of hydrogen-bond donors (Lipinski definition) is 2. The fourth-order valence-corrected chi connectivity index (χ4v) is 10.8. The molecule has 0 radical (unpaired) electrons. The molecule has 1 aromatic heterocycles. The third kappa shape index (κ3) is 14.9. The van der Waals surface area contributed by atoms with Gasteiger partial charge in [0, 0.05) is 82.6 Å². The average Bonchev–Trinajstić information content (AvgIpc) is 3.97. The van der Waals surface area contributed by atoms with Gasteiger partial charge in [-0.05, 0) is 87.9 Å². The average molecular weight is 952 g/mol. The minimum atomic E-state index is -0.809. The van der Waals surface area contributed by atoms with E-state index in [1.54, 1.807) is 26.2 Å². The zero-order valence-corrected chi connectivity index (χ0v) is 43.2. The highest BCUT2D eigenvalue weighted by molar-refractivity contribution is 5.91. The number of ketones is 2. The number of amides is 3. The van der Waals surface area contributed by atoms with Gasteiger partial charge >= 0.3 is 5.97 Å². The molecule has 1 aromatic carbocycles. The van der Waals surface area contributed by atoms with Crippen LogP contribution in [0.1, 0.15) is 131 Å². The molecular weight excluding hydrogens is 867 g/mol. The number of rotatable bonds is 29. The van der Waals surface area contributed by atoms with Crippen LogP contribution in [0.4, 0.5) is 0 Å². The van der Waals surface area contributed by atoms with E-state index in [0.717, 1.165) is 55.0 Å². The van der Waals surface area contributed by atoms with Crippen LogP contribution in [0, 0.1) is 35.5 Å². The van der Waals surface area contributed by atoms with E-state index < -0.39 is 48.0 Å². The number of benzene rings is 1. The van der Waals surface area contributed by atoms with Gasteiger partial charge < -0.3 is 29.4 Å². The molecule has 0 aliphatic carbocycles. The first kappa shape index (κ1) is 56.4. The van der Waals surface area contributed by atoms with Crippen molar-refractivity contribution in [1.29, 1.82) is 0 Å². The van der Waals surface area contributed by atoms with Crippen LogP contribution in [0.3, 0.4) is 0 Å². The van der Waals surface area contributed by atoms with Crippen LogP contribution in [0.2, 0.25) is 0 Å². The maximum absolute atomic E-state index is 14.7. The summed E-state index contributed by atoms with van der Waals surface area (Å²) >= 11 is 0. The minimum absolute atomic E-state index is 0.0000504. The van der Waals surface area contributed by atoms with Gasteiger partial charge in [0.2, 0.25) is 17.7 Å². The number of aromatic amines is 1. The number of Topliss-reactive ketones (excluding diaryl/α,β-unsaturated/α-hetero) is 2. The summed E-state index contributed by atoms with van der Waals surface area (Å²) in [4.78, 5) is 97.4. The van der Waals surface area contributed by atoms with Crippen LogP contribution >= 0.6 is 0 Å². The number of nitrogens with zero attached hydrogens (tertiary/aromatic N) is 4. The number of unbranched alkanes of at least 4 members (excludes halogenated alkanes) is 2. The van der Waals surface area contributed by atoms with Crippen LogP contribution in [0.15, 0.2) is 30.5 Å². The van der Waals surface area contributed by atoms with Crippen LogP contribution in [0.25, 0.3) is 10.9 Å². The van der Waals surface area contributed by atoms with E-state index in [1.807, 2.05) is 81.9 Å². The van der Waals surface area contributed by atoms with Gasteiger partial charge in [0.05, 0.1) is 49.3 Å². The molecule has 0 saturated carbocycles. The maximum Gasteiger partial charge on any atom is 0.303 e. The Morgan fingerprint density at radius 3 is 2.21 bits per heavy atom. The summed E-state index contributed by atoms with van der Waals surface area (Å²) in [5.41, 5.74) is 1.92. The Kier molecular flexibility index (Phi) is 22.6. The van der Waals surface area contributed by atoms with E-state index in [9.17, 15) is 28.8 Å². The van der Waals surface area contributed by atoms with Crippen LogP contribution < -0.4 is 0 Å². The summed E-state index contributed by atoms with van der Waals surface area (Å²) in [5.74, 6) is -3.48. The highest BCUT2D eigenvalue weighted by Gasteiger charge is 2.44. The van der Waals surface area contributed by atoms with E-state index in [1.165, 1.54) is 5.06 Å². The van der Waals surface area contributed by atoms with Gasteiger partial charge in [-0.2, -0.15) is 0 Å². The number of aliphatic carboxylic acids is 1. The van der Waals surface area contributed by atoms with Gasteiger partial charge in [0.15, 0.2) is 5.78 Å². The molecule has 2 aromatic rings. The van der Waals surface area contributed by atoms with Crippen molar-refractivity contribution in [2.24, 2.45) is 35.5 Å². The second-order valence-corrected chi connectivity index (χ2v) is 20.4.